The lowest BCUT2D eigenvalue weighted by molar-refractivity contribution is -0.123. The molecule has 0 aromatic heterocycles. The molecular weight excluding hydrogens is 218 g/mol. The smallest absolute Gasteiger partial charge is 0.222 e. The third-order valence-electron chi connectivity index (χ3n) is 2.65. The van der Waals surface area contributed by atoms with E-state index >= 15 is 0 Å². The van der Waals surface area contributed by atoms with Crippen molar-refractivity contribution in [2.45, 2.75) is 27.2 Å². The Balaban J connectivity index is 2.58. The third-order valence-corrected chi connectivity index (χ3v) is 2.65. The van der Waals surface area contributed by atoms with Crippen molar-refractivity contribution in [3.05, 3.63) is 23.3 Å². The van der Waals surface area contributed by atoms with E-state index in [2.05, 4.69) is 5.32 Å². The molecule has 0 spiro atoms. The van der Waals surface area contributed by atoms with E-state index in [1.54, 1.807) is 0 Å². The number of nitrogens with one attached hydrogen (secondary N) is 1. The van der Waals surface area contributed by atoms with Crippen LogP contribution in [0.25, 0.3) is 0 Å². The van der Waals surface area contributed by atoms with Gasteiger partial charge in [-0.15, -0.1) is 0 Å². The van der Waals surface area contributed by atoms with Crippen LogP contribution in [0.1, 0.15) is 25.0 Å². The summed E-state index contributed by atoms with van der Waals surface area (Å²) in [6, 6.07) is 3.06. The van der Waals surface area contributed by atoms with E-state index < -0.39 is 0 Å². The predicted octanol–water partition coefficient (Wildman–Crippen LogP) is 1.72. The van der Waals surface area contributed by atoms with Crippen LogP contribution >= 0.6 is 0 Å². The molecule has 0 aliphatic carbocycles. The lowest BCUT2D eigenvalue weighted by atomic mass is 10.0. The maximum absolute atomic E-state index is 11.3. The Morgan fingerprint density at radius 2 is 1.88 bits per heavy atom. The van der Waals surface area contributed by atoms with Crippen LogP contribution in [-0.2, 0) is 11.2 Å². The minimum Gasteiger partial charge on any atom is -0.504 e. The molecule has 0 aliphatic rings. The Labute approximate surface area is 101 Å². The Bertz CT molecular complexity index is 413. The quantitative estimate of drug-likeness (QED) is 0.698. The second-order valence-corrected chi connectivity index (χ2v) is 4.46. The number of phenolic OH excluding ortho intramolecular Hbond substituents is 2. The highest BCUT2D eigenvalue weighted by atomic mass is 16.3. The number of hydrogen-bond acceptors (Lipinski definition) is 3. The number of hydrogen-bond donors (Lipinski definition) is 3. The van der Waals surface area contributed by atoms with Gasteiger partial charge >= 0.3 is 0 Å². The van der Waals surface area contributed by atoms with Crippen molar-refractivity contribution in [2.24, 2.45) is 5.92 Å². The van der Waals surface area contributed by atoms with Crippen LogP contribution in [0, 0.1) is 12.8 Å². The molecule has 0 radical (unpaired) electrons. The first kappa shape index (κ1) is 13.4. The lowest BCUT2D eigenvalue weighted by Crippen LogP contribution is -2.29. The van der Waals surface area contributed by atoms with E-state index in [0.717, 1.165) is 11.1 Å². The number of phenols is 2. The van der Waals surface area contributed by atoms with Crippen LogP contribution in [0.4, 0.5) is 0 Å². The minimum atomic E-state index is -0.124. The molecule has 1 rings (SSSR count). The van der Waals surface area contributed by atoms with Crippen molar-refractivity contribution in [3.63, 3.8) is 0 Å². The molecule has 3 N–H and O–H groups in total. The number of amides is 1. The summed E-state index contributed by atoms with van der Waals surface area (Å²) in [5, 5.41) is 21.5. The Kier molecular flexibility index (Phi) is 4.37. The topological polar surface area (TPSA) is 69.6 Å². The fourth-order valence-corrected chi connectivity index (χ4v) is 1.52. The molecule has 1 aromatic carbocycles. The lowest BCUT2D eigenvalue weighted by Gasteiger charge is -2.10. The van der Waals surface area contributed by atoms with Crippen LogP contribution in [0.5, 0.6) is 11.5 Å². The van der Waals surface area contributed by atoms with E-state index in [4.69, 9.17) is 0 Å². The SMILES string of the molecule is Cc1cc(O)c(O)cc1CCNC(=O)C(C)C. The Morgan fingerprint density at radius 1 is 1.29 bits per heavy atom. The van der Waals surface area contributed by atoms with Gasteiger partial charge in [-0.3, -0.25) is 4.79 Å². The Hall–Kier alpha value is -1.71. The van der Waals surface area contributed by atoms with Crippen molar-refractivity contribution in [2.75, 3.05) is 6.54 Å². The number of rotatable bonds is 4. The summed E-state index contributed by atoms with van der Waals surface area (Å²) in [6.45, 7) is 6.07. The molecule has 1 amide bonds. The normalized spacial score (nSPS) is 10.6. The second-order valence-electron chi connectivity index (χ2n) is 4.46. The van der Waals surface area contributed by atoms with Crippen LogP contribution in [0.3, 0.4) is 0 Å². The van der Waals surface area contributed by atoms with Crippen molar-refractivity contribution < 1.29 is 15.0 Å². The number of carbonyl (C=O) groups excluding carboxylic acids is 1. The minimum absolute atomic E-state index is 0.0191. The molecule has 0 atom stereocenters. The largest absolute Gasteiger partial charge is 0.504 e. The van der Waals surface area contributed by atoms with Gasteiger partial charge < -0.3 is 15.5 Å². The summed E-state index contributed by atoms with van der Waals surface area (Å²) < 4.78 is 0. The average Bonchev–Trinajstić information content (AvgIpc) is 2.25. The summed E-state index contributed by atoms with van der Waals surface area (Å²) >= 11 is 0. The summed E-state index contributed by atoms with van der Waals surface area (Å²) in [5.74, 6) is -0.242. The molecule has 94 valence electrons. The predicted molar refractivity (Wildman–Crippen MR) is 66.1 cm³/mol. The van der Waals surface area contributed by atoms with Gasteiger partial charge in [0.25, 0.3) is 0 Å². The molecule has 0 saturated carbocycles. The van der Waals surface area contributed by atoms with Crippen molar-refractivity contribution >= 4 is 5.91 Å². The number of aryl methyl sites for hydroxylation is 1. The number of aromatic hydroxyl groups is 2. The summed E-state index contributed by atoms with van der Waals surface area (Å²) in [5.41, 5.74) is 1.82. The van der Waals surface area contributed by atoms with Crippen molar-refractivity contribution in [3.8, 4) is 11.5 Å². The first-order valence-corrected chi connectivity index (χ1v) is 5.71. The molecule has 4 nitrogen and oxygen atoms in total. The first-order valence-electron chi connectivity index (χ1n) is 5.71. The maximum Gasteiger partial charge on any atom is 0.222 e. The molecule has 0 fully saturated rings. The zero-order valence-corrected chi connectivity index (χ0v) is 10.4. The van der Waals surface area contributed by atoms with Gasteiger partial charge in [-0.1, -0.05) is 13.8 Å². The van der Waals surface area contributed by atoms with E-state index in [-0.39, 0.29) is 23.3 Å². The van der Waals surface area contributed by atoms with Gasteiger partial charge in [-0.05, 0) is 36.6 Å². The molecule has 4 heteroatoms. The summed E-state index contributed by atoms with van der Waals surface area (Å²) in [4.78, 5) is 11.3. The van der Waals surface area contributed by atoms with Crippen molar-refractivity contribution in [1.29, 1.82) is 0 Å². The fourth-order valence-electron chi connectivity index (χ4n) is 1.52. The van der Waals surface area contributed by atoms with Gasteiger partial charge in [0.15, 0.2) is 11.5 Å². The summed E-state index contributed by atoms with van der Waals surface area (Å²) in [7, 11) is 0. The zero-order chi connectivity index (χ0) is 13.0. The molecule has 1 aromatic rings. The molecular formula is C13H19NO3. The van der Waals surface area contributed by atoms with E-state index in [0.29, 0.717) is 13.0 Å². The van der Waals surface area contributed by atoms with Crippen LogP contribution < -0.4 is 5.32 Å². The molecule has 0 saturated heterocycles. The highest BCUT2D eigenvalue weighted by molar-refractivity contribution is 5.77. The van der Waals surface area contributed by atoms with E-state index in [1.807, 2.05) is 20.8 Å². The van der Waals surface area contributed by atoms with Gasteiger partial charge in [0.1, 0.15) is 0 Å². The van der Waals surface area contributed by atoms with Crippen LogP contribution in [0.2, 0.25) is 0 Å². The number of benzene rings is 1. The van der Waals surface area contributed by atoms with Gasteiger partial charge in [-0.2, -0.15) is 0 Å². The Morgan fingerprint density at radius 3 is 2.47 bits per heavy atom. The fraction of sp³-hybridized carbons (Fsp3) is 0.462. The first-order chi connectivity index (χ1) is 7.91. The number of carbonyl (C=O) groups is 1. The molecule has 0 heterocycles. The monoisotopic (exact) mass is 237 g/mol. The standard InChI is InChI=1S/C13H19NO3/c1-8(2)13(17)14-5-4-10-7-12(16)11(15)6-9(10)3/h6-8,15-16H,4-5H2,1-3H3,(H,14,17). The second kappa shape index (κ2) is 5.57. The summed E-state index contributed by atoms with van der Waals surface area (Å²) in [6.07, 6.45) is 0.637. The molecule has 0 unspecified atom stereocenters. The van der Waals surface area contributed by atoms with Gasteiger partial charge in [-0.25, -0.2) is 0 Å². The highest BCUT2D eigenvalue weighted by Gasteiger charge is 2.08. The molecule has 0 aliphatic heterocycles. The van der Waals surface area contributed by atoms with Gasteiger partial charge in [0.05, 0.1) is 0 Å². The van der Waals surface area contributed by atoms with E-state index in [9.17, 15) is 15.0 Å². The van der Waals surface area contributed by atoms with Gasteiger partial charge in [0, 0.05) is 12.5 Å². The van der Waals surface area contributed by atoms with Crippen LogP contribution in [-0.4, -0.2) is 22.7 Å². The average molecular weight is 237 g/mol. The van der Waals surface area contributed by atoms with E-state index in [1.165, 1.54) is 12.1 Å². The third kappa shape index (κ3) is 3.66. The molecule has 17 heavy (non-hydrogen) atoms. The zero-order valence-electron chi connectivity index (χ0n) is 10.4. The highest BCUT2D eigenvalue weighted by Crippen LogP contribution is 2.27. The van der Waals surface area contributed by atoms with Crippen molar-refractivity contribution in [1.82, 2.24) is 5.32 Å². The maximum atomic E-state index is 11.3. The van der Waals surface area contributed by atoms with Crippen LogP contribution in [0.15, 0.2) is 12.1 Å². The van der Waals surface area contributed by atoms with Gasteiger partial charge in [0.2, 0.25) is 5.91 Å². The molecule has 0 bridgehead atoms.